The van der Waals surface area contributed by atoms with Crippen molar-refractivity contribution in [1.82, 2.24) is 0 Å². The second kappa shape index (κ2) is 13.1. The number of nitrogens with zero attached hydrogens (tertiary/aromatic N) is 1. The molecule has 0 aliphatic carbocycles. The molecular formula is C22H29NO7S2. The highest BCUT2D eigenvalue weighted by molar-refractivity contribution is 7.91. The molecule has 0 heterocycles. The molecule has 10 heteroatoms. The number of carbonyl (C=O) groups excluding carboxylic acids is 1. The smallest absolute Gasteiger partial charge is 0.269 e. The summed E-state index contributed by atoms with van der Waals surface area (Å²) in [7, 11) is -3.82. The number of sulfone groups is 1. The minimum Gasteiger partial charge on any atom is -0.303 e. The molecule has 0 spiro atoms. The van der Waals surface area contributed by atoms with Gasteiger partial charge in [0.1, 0.15) is 17.9 Å². The van der Waals surface area contributed by atoms with Gasteiger partial charge in [0.05, 0.1) is 15.6 Å². The average molecular weight is 484 g/mol. The Hall–Kier alpha value is -2.59. The number of aldehydes is 1. The summed E-state index contributed by atoms with van der Waals surface area (Å²) in [4.78, 5) is 22.6. The SMILES string of the molecule is CCCCC(C=O)(CC)CS(=O)(=O)c1ccc([N+](=O)[O-])cc1Cc1ccccc1.O=[SH2]=O. The molecule has 0 fully saturated rings. The van der Waals surface area contributed by atoms with E-state index in [4.69, 9.17) is 8.42 Å². The number of unbranched alkanes of at least 4 members (excludes halogenated alkanes) is 1. The van der Waals surface area contributed by atoms with Crippen LogP contribution in [0.25, 0.3) is 0 Å². The molecule has 0 saturated carbocycles. The second-order valence-corrected chi connectivity index (χ2v) is 9.62. The number of nitro groups is 1. The number of non-ortho nitro benzene ring substituents is 1. The molecule has 0 N–H and O–H groups in total. The van der Waals surface area contributed by atoms with Crippen LogP contribution in [0.15, 0.2) is 53.4 Å². The number of rotatable bonds is 11. The quantitative estimate of drug-likeness (QED) is 0.271. The maximum atomic E-state index is 13.3. The van der Waals surface area contributed by atoms with Crippen LogP contribution >= 0.6 is 0 Å². The van der Waals surface area contributed by atoms with Gasteiger partial charge >= 0.3 is 0 Å². The lowest BCUT2D eigenvalue weighted by Crippen LogP contribution is -2.32. The van der Waals surface area contributed by atoms with Crippen LogP contribution < -0.4 is 0 Å². The van der Waals surface area contributed by atoms with E-state index in [9.17, 15) is 23.3 Å². The molecule has 8 nitrogen and oxygen atoms in total. The van der Waals surface area contributed by atoms with E-state index in [1.54, 1.807) is 0 Å². The summed E-state index contributed by atoms with van der Waals surface area (Å²) in [5.74, 6) is -0.292. The van der Waals surface area contributed by atoms with E-state index in [1.807, 2.05) is 44.2 Å². The fraction of sp³-hybridized carbons (Fsp3) is 0.409. The van der Waals surface area contributed by atoms with E-state index in [2.05, 4.69) is 0 Å². The van der Waals surface area contributed by atoms with Crippen LogP contribution in [0.2, 0.25) is 0 Å². The molecule has 2 aromatic carbocycles. The van der Waals surface area contributed by atoms with Crippen LogP contribution in [-0.2, 0) is 32.6 Å². The van der Waals surface area contributed by atoms with Gasteiger partial charge in [0, 0.05) is 17.5 Å². The zero-order valence-corrected chi connectivity index (χ0v) is 20.0. The molecule has 0 amide bonds. The molecule has 0 bridgehead atoms. The first-order chi connectivity index (χ1) is 15.2. The van der Waals surface area contributed by atoms with Gasteiger partial charge in [0.25, 0.3) is 5.69 Å². The van der Waals surface area contributed by atoms with E-state index in [1.165, 1.54) is 18.2 Å². The topological polar surface area (TPSA) is 128 Å². The molecular weight excluding hydrogens is 454 g/mol. The number of nitro benzene ring substituents is 1. The van der Waals surface area contributed by atoms with Crippen molar-refractivity contribution in [2.75, 3.05) is 5.75 Å². The zero-order valence-electron chi connectivity index (χ0n) is 18.2. The standard InChI is InChI=1S/C22H27NO5S.H2O2S/c1-3-5-13-22(4-2,16-24)17-29(27,28)21-12-11-20(23(25)26)15-19(21)14-18-9-7-6-8-10-18;1-3-2/h6-12,15-16H,3-5,13-14,17H2,1-2H3;3H2. The Labute approximate surface area is 191 Å². The monoisotopic (exact) mass is 483 g/mol. The van der Waals surface area contributed by atoms with Crippen molar-refractivity contribution < 1.29 is 26.6 Å². The zero-order chi connectivity index (χ0) is 24.2. The van der Waals surface area contributed by atoms with Crippen LogP contribution in [0.1, 0.15) is 50.7 Å². The molecule has 2 rings (SSSR count). The fourth-order valence-electron chi connectivity index (χ4n) is 3.45. The predicted octanol–water partition coefficient (Wildman–Crippen LogP) is 3.54. The van der Waals surface area contributed by atoms with Crippen LogP contribution in [0.4, 0.5) is 5.69 Å². The third kappa shape index (κ3) is 7.83. The lowest BCUT2D eigenvalue weighted by molar-refractivity contribution is -0.385. The van der Waals surface area contributed by atoms with Gasteiger partial charge in [-0.25, -0.2) is 16.8 Å². The van der Waals surface area contributed by atoms with E-state index in [0.29, 0.717) is 18.4 Å². The van der Waals surface area contributed by atoms with Crippen LogP contribution in [-0.4, -0.2) is 33.8 Å². The number of hydrogen-bond acceptors (Lipinski definition) is 7. The van der Waals surface area contributed by atoms with Gasteiger partial charge in [-0.05, 0) is 36.5 Å². The minimum absolute atomic E-state index is 0.0585. The van der Waals surface area contributed by atoms with Gasteiger partial charge in [-0.2, -0.15) is 0 Å². The van der Waals surface area contributed by atoms with Gasteiger partial charge < -0.3 is 4.79 Å². The van der Waals surface area contributed by atoms with Gasteiger partial charge in [0.2, 0.25) is 0 Å². The Kier molecular flexibility index (Phi) is 11.2. The Morgan fingerprint density at radius 3 is 2.22 bits per heavy atom. The molecule has 0 aromatic heterocycles. The molecule has 1 unspecified atom stereocenters. The van der Waals surface area contributed by atoms with Gasteiger partial charge in [-0.15, -0.1) is 0 Å². The first kappa shape index (κ1) is 27.4. The summed E-state index contributed by atoms with van der Waals surface area (Å²) in [6.45, 7) is 3.81. The summed E-state index contributed by atoms with van der Waals surface area (Å²) in [6.07, 6.45) is 3.58. The maximum Gasteiger partial charge on any atom is 0.269 e. The van der Waals surface area contributed by atoms with Crippen LogP contribution in [0, 0.1) is 15.5 Å². The lowest BCUT2D eigenvalue weighted by Gasteiger charge is -2.26. The molecule has 176 valence electrons. The molecule has 0 saturated heterocycles. The second-order valence-electron chi connectivity index (χ2n) is 7.49. The number of hydrogen-bond donors (Lipinski definition) is 0. The Bertz CT molecular complexity index is 1050. The van der Waals surface area contributed by atoms with Crippen molar-refractivity contribution in [3.63, 3.8) is 0 Å². The normalized spacial score (nSPS) is 12.8. The van der Waals surface area contributed by atoms with E-state index in [0.717, 1.165) is 24.7 Å². The number of benzene rings is 2. The summed E-state index contributed by atoms with van der Waals surface area (Å²) in [5.41, 5.74) is 0.128. The van der Waals surface area contributed by atoms with E-state index < -0.39 is 31.7 Å². The first-order valence-electron chi connectivity index (χ1n) is 10.2. The highest BCUT2D eigenvalue weighted by Crippen LogP contribution is 2.33. The van der Waals surface area contributed by atoms with Gasteiger partial charge in [-0.1, -0.05) is 57.0 Å². The maximum absolute atomic E-state index is 13.3. The summed E-state index contributed by atoms with van der Waals surface area (Å²) in [5, 5.41) is 11.2. The van der Waals surface area contributed by atoms with E-state index >= 15 is 0 Å². The fourth-order valence-corrected chi connectivity index (χ4v) is 5.58. The Morgan fingerprint density at radius 2 is 1.72 bits per heavy atom. The van der Waals surface area contributed by atoms with Crippen molar-refractivity contribution in [1.29, 1.82) is 0 Å². The van der Waals surface area contributed by atoms with Crippen molar-refractivity contribution >= 4 is 33.4 Å². The minimum atomic E-state index is -3.82. The van der Waals surface area contributed by atoms with Crippen molar-refractivity contribution in [2.45, 2.75) is 50.8 Å². The van der Waals surface area contributed by atoms with E-state index in [-0.39, 0.29) is 22.8 Å². The predicted molar refractivity (Wildman–Crippen MR) is 124 cm³/mol. The average Bonchev–Trinajstić information content (AvgIpc) is 2.77. The highest BCUT2D eigenvalue weighted by atomic mass is 32.2. The molecule has 1 atom stereocenters. The summed E-state index contributed by atoms with van der Waals surface area (Å²) in [6, 6.07) is 13.0. The summed E-state index contributed by atoms with van der Waals surface area (Å²) < 4.78 is 43.4. The summed E-state index contributed by atoms with van der Waals surface area (Å²) >= 11 is -1.42. The molecule has 32 heavy (non-hydrogen) atoms. The van der Waals surface area contributed by atoms with Crippen LogP contribution in [0.5, 0.6) is 0 Å². The third-order valence-corrected chi connectivity index (χ3v) is 7.31. The molecule has 0 radical (unpaired) electrons. The molecule has 0 aliphatic heterocycles. The van der Waals surface area contributed by atoms with Crippen molar-refractivity contribution in [3.05, 3.63) is 69.8 Å². The number of carbonyl (C=O) groups is 1. The highest BCUT2D eigenvalue weighted by Gasteiger charge is 2.35. The van der Waals surface area contributed by atoms with Crippen LogP contribution in [0.3, 0.4) is 0 Å². The van der Waals surface area contributed by atoms with Gasteiger partial charge in [0.15, 0.2) is 9.84 Å². The lowest BCUT2D eigenvalue weighted by atomic mass is 9.84. The Balaban J connectivity index is 0.00000161. The van der Waals surface area contributed by atoms with Gasteiger partial charge in [-0.3, -0.25) is 10.1 Å². The van der Waals surface area contributed by atoms with Crippen molar-refractivity contribution in [3.8, 4) is 0 Å². The van der Waals surface area contributed by atoms with Crippen molar-refractivity contribution in [2.24, 2.45) is 5.41 Å². The largest absolute Gasteiger partial charge is 0.303 e. The Morgan fingerprint density at radius 1 is 1.09 bits per heavy atom. The third-order valence-electron chi connectivity index (χ3n) is 5.29. The molecule has 2 aromatic rings. The molecule has 0 aliphatic rings. The first-order valence-corrected chi connectivity index (χ1v) is 12.6.